The molecule has 27 heavy (non-hydrogen) atoms. The smallest absolute Gasteiger partial charge is 0.416 e. The molecule has 0 N–H and O–H groups in total. The van der Waals surface area contributed by atoms with Gasteiger partial charge in [0, 0.05) is 5.56 Å². The lowest BCUT2D eigenvalue weighted by Crippen LogP contribution is -2.06. The lowest BCUT2D eigenvalue weighted by molar-refractivity contribution is -0.137. The first kappa shape index (κ1) is 18.6. The van der Waals surface area contributed by atoms with E-state index in [1.165, 1.54) is 16.9 Å². The summed E-state index contributed by atoms with van der Waals surface area (Å²) in [6, 6.07) is 9.71. The number of hydrogen-bond donors (Lipinski definition) is 0. The lowest BCUT2D eigenvalue weighted by Gasteiger charge is -2.07. The molecule has 0 radical (unpaired) electrons. The summed E-state index contributed by atoms with van der Waals surface area (Å²) in [6.45, 7) is 3.70. The first-order valence-corrected chi connectivity index (χ1v) is 8.07. The van der Waals surface area contributed by atoms with E-state index in [2.05, 4.69) is 10.2 Å². The van der Waals surface area contributed by atoms with Crippen LogP contribution in [0.4, 0.5) is 13.2 Å². The number of carbonyl (C=O) groups excluding carboxylic acids is 1. The third kappa shape index (κ3) is 4.16. The molecule has 8 heteroatoms. The van der Waals surface area contributed by atoms with Gasteiger partial charge in [0.1, 0.15) is 24.3 Å². The van der Waals surface area contributed by atoms with Gasteiger partial charge in [-0.05, 0) is 61.9 Å². The van der Waals surface area contributed by atoms with Crippen LogP contribution in [0, 0.1) is 13.8 Å². The number of aryl methyl sites for hydroxylation is 2. The number of halogens is 3. The second kappa shape index (κ2) is 7.22. The molecule has 0 bridgehead atoms. The Morgan fingerprint density at radius 3 is 2.37 bits per heavy atom. The second-order valence-corrected chi connectivity index (χ2v) is 5.99. The summed E-state index contributed by atoms with van der Waals surface area (Å²) in [5.41, 5.74) is 2.25. The van der Waals surface area contributed by atoms with Gasteiger partial charge in [-0.15, -0.1) is 5.10 Å². The van der Waals surface area contributed by atoms with E-state index in [9.17, 15) is 18.0 Å². The summed E-state index contributed by atoms with van der Waals surface area (Å²) in [5.74, 6) is 0.585. The largest absolute Gasteiger partial charge is 0.487 e. The number of benzene rings is 2. The van der Waals surface area contributed by atoms with E-state index in [0.717, 1.165) is 24.0 Å². The molecule has 0 saturated carbocycles. The Balaban J connectivity index is 1.74. The van der Waals surface area contributed by atoms with Crippen LogP contribution >= 0.6 is 0 Å². The van der Waals surface area contributed by atoms with Crippen molar-refractivity contribution < 1.29 is 22.7 Å². The van der Waals surface area contributed by atoms with Gasteiger partial charge in [-0.2, -0.15) is 23.1 Å². The molecule has 2 aromatic carbocycles. The minimum atomic E-state index is -4.39. The fourth-order valence-electron chi connectivity index (χ4n) is 2.46. The van der Waals surface area contributed by atoms with Gasteiger partial charge in [0.25, 0.3) is 0 Å². The van der Waals surface area contributed by atoms with Gasteiger partial charge in [0.2, 0.25) is 0 Å². The molecule has 5 nitrogen and oxygen atoms in total. The van der Waals surface area contributed by atoms with E-state index in [1.54, 1.807) is 25.1 Å². The Bertz CT molecular complexity index is 963. The zero-order valence-electron chi connectivity index (χ0n) is 14.6. The van der Waals surface area contributed by atoms with Crippen LogP contribution in [0.3, 0.4) is 0 Å². The van der Waals surface area contributed by atoms with Gasteiger partial charge in [-0.25, -0.2) is 0 Å². The molecule has 3 aromatic rings. The Morgan fingerprint density at radius 1 is 1.07 bits per heavy atom. The second-order valence-electron chi connectivity index (χ2n) is 5.99. The van der Waals surface area contributed by atoms with Crippen molar-refractivity contribution in [2.24, 2.45) is 0 Å². The van der Waals surface area contributed by atoms with Crippen LogP contribution in [0.25, 0.3) is 5.69 Å². The molecule has 1 heterocycles. The molecular formula is C19H16F3N3O2. The van der Waals surface area contributed by atoms with Crippen LogP contribution in [0.5, 0.6) is 5.75 Å². The SMILES string of the molecule is Cc1cc(OCc2nn(-c3ccc(C(F)(F)F)cc3)nc2C)ccc1C=O. The van der Waals surface area contributed by atoms with Gasteiger partial charge in [0.15, 0.2) is 0 Å². The normalized spacial score (nSPS) is 11.4. The monoisotopic (exact) mass is 375 g/mol. The third-order valence-corrected chi connectivity index (χ3v) is 4.05. The predicted molar refractivity (Wildman–Crippen MR) is 92.0 cm³/mol. The number of hydrogen-bond acceptors (Lipinski definition) is 4. The molecule has 1 aromatic heterocycles. The van der Waals surface area contributed by atoms with Crippen molar-refractivity contribution in [1.82, 2.24) is 15.0 Å². The summed E-state index contributed by atoms with van der Waals surface area (Å²) in [7, 11) is 0. The molecule has 0 aliphatic rings. The molecule has 0 spiro atoms. The first-order chi connectivity index (χ1) is 12.8. The maximum Gasteiger partial charge on any atom is 0.416 e. The van der Waals surface area contributed by atoms with E-state index in [1.807, 2.05) is 6.92 Å². The van der Waals surface area contributed by atoms with Crippen molar-refractivity contribution in [3.63, 3.8) is 0 Å². The zero-order chi connectivity index (χ0) is 19.6. The van der Waals surface area contributed by atoms with Crippen LogP contribution < -0.4 is 4.74 Å². The lowest BCUT2D eigenvalue weighted by atomic mass is 10.1. The van der Waals surface area contributed by atoms with Gasteiger partial charge in [-0.3, -0.25) is 4.79 Å². The molecule has 140 valence electrons. The number of rotatable bonds is 5. The molecule has 0 atom stereocenters. The average Bonchev–Trinajstić information content (AvgIpc) is 3.00. The van der Waals surface area contributed by atoms with Crippen molar-refractivity contribution >= 4 is 6.29 Å². The van der Waals surface area contributed by atoms with E-state index in [4.69, 9.17) is 4.74 Å². The summed E-state index contributed by atoms with van der Waals surface area (Å²) in [6.07, 6.45) is -3.61. The van der Waals surface area contributed by atoms with Crippen LogP contribution in [0.2, 0.25) is 0 Å². The molecule has 0 amide bonds. The van der Waals surface area contributed by atoms with E-state index in [0.29, 0.717) is 28.4 Å². The molecule has 0 aliphatic heterocycles. The number of aromatic nitrogens is 3. The quantitative estimate of drug-likeness (QED) is 0.624. The summed E-state index contributed by atoms with van der Waals surface area (Å²) < 4.78 is 43.6. The van der Waals surface area contributed by atoms with Crippen LogP contribution in [0.1, 0.15) is 32.9 Å². The van der Waals surface area contributed by atoms with Crippen LogP contribution in [0.15, 0.2) is 42.5 Å². The molecule has 0 unspecified atom stereocenters. The number of nitrogens with zero attached hydrogens (tertiary/aromatic N) is 3. The van der Waals surface area contributed by atoms with Crippen molar-refractivity contribution in [3.05, 3.63) is 70.5 Å². The summed E-state index contributed by atoms with van der Waals surface area (Å²) in [4.78, 5) is 12.1. The Kier molecular flexibility index (Phi) is 4.98. The summed E-state index contributed by atoms with van der Waals surface area (Å²) in [5, 5.41) is 8.51. The fourth-order valence-corrected chi connectivity index (χ4v) is 2.46. The van der Waals surface area contributed by atoms with Gasteiger partial charge in [0.05, 0.1) is 16.9 Å². The average molecular weight is 375 g/mol. The van der Waals surface area contributed by atoms with Crippen molar-refractivity contribution in [3.8, 4) is 11.4 Å². The van der Waals surface area contributed by atoms with Crippen molar-refractivity contribution in [1.29, 1.82) is 0 Å². The van der Waals surface area contributed by atoms with Gasteiger partial charge < -0.3 is 4.74 Å². The van der Waals surface area contributed by atoms with E-state index in [-0.39, 0.29) is 6.61 Å². The van der Waals surface area contributed by atoms with Crippen LogP contribution in [-0.2, 0) is 12.8 Å². The maximum absolute atomic E-state index is 12.7. The van der Waals surface area contributed by atoms with Crippen molar-refractivity contribution in [2.75, 3.05) is 0 Å². The number of alkyl halides is 3. The van der Waals surface area contributed by atoms with Crippen LogP contribution in [-0.4, -0.2) is 21.3 Å². The Hall–Kier alpha value is -3.16. The minimum absolute atomic E-state index is 0.145. The third-order valence-electron chi connectivity index (χ3n) is 4.05. The fraction of sp³-hybridized carbons (Fsp3) is 0.211. The highest BCUT2D eigenvalue weighted by Crippen LogP contribution is 2.29. The first-order valence-electron chi connectivity index (χ1n) is 8.07. The highest BCUT2D eigenvalue weighted by molar-refractivity contribution is 5.77. The number of aldehydes is 1. The number of ether oxygens (including phenoxy) is 1. The topological polar surface area (TPSA) is 57.0 Å². The molecule has 3 rings (SSSR count). The van der Waals surface area contributed by atoms with E-state index >= 15 is 0 Å². The Morgan fingerprint density at radius 2 is 1.78 bits per heavy atom. The number of carbonyl (C=O) groups is 1. The maximum atomic E-state index is 12.7. The minimum Gasteiger partial charge on any atom is -0.487 e. The highest BCUT2D eigenvalue weighted by atomic mass is 19.4. The standard InChI is InChI=1S/C19H16F3N3O2/c1-12-9-17(8-3-14(12)10-26)27-11-18-13(2)23-25(24-18)16-6-4-15(5-7-16)19(20,21)22/h3-10H,11H2,1-2H3. The van der Waals surface area contributed by atoms with E-state index < -0.39 is 11.7 Å². The van der Waals surface area contributed by atoms with Gasteiger partial charge >= 0.3 is 6.18 Å². The molecule has 0 fully saturated rings. The van der Waals surface area contributed by atoms with Gasteiger partial charge in [-0.1, -0.05) is 0 Å². The molecule has 0 saturated heterocycles. The van der Waals surface area contributed by atoms with Crippen molar-refractivity contribution in [2.45, 2.75) is 26.6 Å². The predicted octanol–water partition coefficient (Wildman–Crippen LogP) is 4.29. The molecule has 0 aliphatic carbocycles. The molecular weight excluding hydrogens is 359 g/mol. The highest BCUT2D eigenvalue weighted by Gasteiger charge is 2.30. The summed E-state index contributed by atoms with van der Waals surface area (Å²) >= 11 is 0. The zero-order valence-corrected chi connectivity index (χ0v) is 14.6. The Labute approximate surface area is 153 Å².